The molecule has 0 radical (unpaired) electrons. The van der Waals surface area contributed by atoms with Crippen LogP contribution < -0.4 is 5.32 Å². The van der Waals surface area contributed by atoms with Gasteiger partial charge in [-0.25, -0.2) is 0 Å². The molecule has 0 aromatic carbocycles. The molecule has 1 aliphatic rings. The Morgan fingerprint density at radius 2 is 2.29 bits per heavy atom. The normalized spacial score (nSPS) is 22.1. The summed E-state index contributed by atoms with van der Waals surface area (Å²) in [6.45, 7) is 1.41. The third-order valence-corrected chi connectivity index (χ3v) is 3.94. The number of amides is 2. The smallest absolute Gasteiger partial charge is 0.249 e. The monoisotopic (exact) mass is 294 g/mol. The van der Waals surface area contributed by atoms with Gasteiger partial charge in [0, 0.05) is 33.1 Å². The number of nitrogens with zero attached hydrogens (tertiary/aromatic N) is 3. The van der Waals surface area contributed by atoms with Crippen LogP contribution in [-0.2, 0) is 19.9 Å². The number of rotatable bonds is 5. The van der Waals surface area contributed by atoms with Crippen LogP contribution in [0.3, 0.4) is 0 Å². The van der Waals surface area contributed by atoms with Crippen molar-refractivity contribution < 1.29 is 14.3 Å². The minimum absolute atomic E-state index is 0.0111. The number of hydrogen-bond acceptors (Lipinski definition) is 4. The highest BCUT2D eigenvalue weighted by Crippen LogP contribution is 2.29. The second-order valence-electron chi connectivity index (χ2n) is 5.22. The number of carbonyl (C=O) groups is 2. The highest BCUT2D eigenvalue weighted by Gasteiger charge is 2.45. The second-order valence-corrected chi connectivity index (χ2v) is 5.22. The summed E-state index contributed by atoms with van der Waals surface area (Å²) in [5.41, 5.74) is -0.820. The second kappa shape index (κ2) is 6.71. The van der Waals surface area contributed by atoms with Gasteiger partial charge in [0.25, 0.3) is 0 Å². The number of hydrogen-bond donors (Lipinski definition) is 1. The van der Waals surface area contributed by atoms with Crippen LogP contribution in [0.5, 0.6) is 0 Å². The van der Waals surface area contributed by atoms with Gasteiger partial charge in [0.1, 0.15) is 0 Å². The van der Waals surface area contributed by atoms with Crippen LogP contribution in [0.1, 0.15) is 19.3 Å². The van der Waals surface area contributed by atoms with Crippen molar-refractivity contribution in [3.63, 3.8) is 0 Å². The van der Waals surface area contributed by atoms with Gasteiger partial charge in [0.2, 0.25) is 11.8 Å². The van der Waals surface area contributed by atoms with E-state index < -0.39 is 5.54 Å². The van der Waals surface area contributed by atoms with Crippen LogP contribution in [-0.4, -0.2) is 60.3 Å². The molecular weight excluding hydrogens is 272 g/mol. The number of piperidine rings is 1. The average molecular weight is 294 g/mol. The van der Waals surface area contributed by atoms with Crippen LogP contribution in [0.25, 0.3) is 0 Å². The Morgan fingerprint density at radius 3 is 2.90 bits per heavy atom. The van der Waals surface area contributed by atoms with E-state index in [1.54, 1.807) is 42.2 Å². The summed E-state index contributed by atoms with van der Waals surface area (Å²) < 4.78 is 6.62. The maximum atomic E-state index is 12.4. The molecule has 7 heteroatoms. The topological polar surface area (TPSA) is 76.5 Å². The lowest BCUT2D eigenvalue weighted by Gasteiger charge is -2.41. The molecule has 1 unspecified atom stereocenters. The molecule has 1 N–H and O–H groups in total. The number of aromatic nitrogens is 2. The molecule has 1 aromatic heterocycles. The van der Waals surface area contributed by atoms with E-state index in [4.69, 9.17) is 4.74 Å². The van der Waals surface area contributed by atoms with Crippen molar-refractivity contribution in [2.75, 3.05) is 33.9 Å². The fourth-order valence-corrected chi connectivity index (χ4v) is 2.83. The minimum Gasteiger partial charge on any atom is -0.384 e. The zero-order valence-corrected chi connectivity index (χ0v) is 12.5. The fourth-order valence-electron chi connectivity index (χ4n) is 2.83. The largest absolute Gasteiger partial charge is 0.384 e. The number of methoxy groups -OCH3 is 1. The molecule has 116 valence electrons. The number of ether oxygens (including phenoxy) is 1. The lowest BCUT2D eigenvalue weighted by Crippen LogP contribution is -2.59. The van der Waals surface area contributed by atoms with E-state index in [0.29, 0.717) is 32.5 Å². The lowest BCUT2D eigenvalue weighted by atomic mass is 9.87. The van der Waals surface area contributed by atoms with Crippen molar-refractivity contribution in [1.82, 2.24) is 20.0 Å². The Hall–Kier alpha value is -1.89. The van der Waals surface area contributed by atoms with Gasteiger partial charge in [0.15, 0.2) is 5.54 Å². The maximum absolute atomic E-state index is 12.4. The predicted molar refractivity (Wildman–Crippen MR) is 76.6 cm³/mol. The molecular formula is C14H22N4O3. The average Bonchev–Trinajstić information content (AvgIpc) is 3.06. The highest BCUT2D eigenvalue weighted by molar-refractivity contribution is 5.86. The summed E-state index contributed by atoms with van der Waals surface area (Å²) in [5, 5.41) is 6.93. The Kier molecular flexibility index (Phi) is 4.95. The van der Waals surface area contributed by atoms with Gasteiger partial charge < -0.3 is 15.0 Å². The lowest BCUT2D eigenvalue weighted by molar-refractivity contribution is -0.141. The van der Waals surface area contributed by atoms with E-state index in [0.717, 1.165) is 6.42 Å². The molecule has 1 atom stereocenters. The first kappa shape index (κ1) is 15.5. The molecule has 2 amide bonds. The van der Waals surface area contributed by atoms with Gasteiger partial charge in [-0.15, -0.1) is 0 Å². The molecule has 2 heterocycles. The molecule has 1 saturated heterocycles. The quantitative estimate of drug-likeness (QED) is 0.828. The van der Waals surface area contributed by atoms with Crippen molar-refractivity contribution in [2.45, 2.75) is 24.8 Å². The summed E-state index contributed by atoms with van der Waals surface area (Å²) in [4.78, 5) is 26.4. The summed E-state index contributed by atoms with van der Waals surface area (Å²) in [6.07, 6.45) is 5.20. The van der Waals surface area contributed by atoms with Crippen LogP contribution in [0.15, 0.2) is 18.5 Å². The van der Waals surface area contributed by atoms with Crippen molar-refractivity contribution in [3.05, 3.63) is 18.5 Å². The molecule has 7 nitrogen and oxygen atoms in total. The maximum Gasteiger partial charge on any atom is 0.249 e. The first-order valence-corrected chi connectivity index (χ1v) is 7.13. The third-order valence-electron chi connectivity index (χ3n) is 3.94. The summed E-state index contributed by atoms with van der Waals surface area (Å²) >= 11 is 0. The summed E-state index contributed by atoms with van der Waals surface area (Å²) in [7, 11) is 3.18. The molecule has 21 heavy (non-hydrogen) atoms. The highest BCUT2D eigenvalue weighted by atomic mass is 16.5. The van der Waals surface area contributed by atoms with Crippen LogP contribution >= 0.6 is 0 Å². The van der Waals surface area contributed by atoms with Crippen molar-refractivity contribution in [1.29, 1.82) is 0 Å². The fraction of sp³-hybridized carbons (Fsp3) is 0.643. The van der Waals surface area contributed by atoms with Gasteiger partial charge >= 0.3 is 0 Å². The number of likely N-dealkylation sites (tertiary alicyclic amines) is 1. The van der Waals surface area contributed by atoms with E-state index >= 15 is 0 Å². The third kappa shape index (κ3) is 3.07. The van der Waals surface area contributed by atoms with E-state index in [1.165, 1.54) is 0 Å². The Labute approximate surface area is 124 Å². The molecule has 0 aliphatic carbocycles. The first-order chi connectivity index (χ1) is 10.1. The molecule has 1 fully saturated rings. The van der Waals surface area contributed by atoms with Gasteiger partial charge in [-0.05, 0) is 18.9 Å². The van der Waals surface area contributed by atoms with E-state index in [-0.39, 0.29) is 11.8 Å². The van der Waals surface area contributed by atoms with Gasteiger partial charge in [-0.2, -0.15) is 5.10 Å². The van der Waals surface area contributed by atoms with Crippen LogP contribution in [0.4, 0.5) is 0 Å². The van der Waals surface area contributed by atoms with Crippen molar-refractivity contribution in [2.24, 2.45) is 0 Å². The number of carbonyl (C=O) groups excluding carboxylic acids is 2. The van der Waals surface area contributed by atoms with E-state index in [2.05, 4.69) is 10.4 Å². The molecule has 0 bridgehead atoms. The number of likely N-dealkylation sites (N-methyl/N-ethyl adjacent to an activating group) is 1. The van der Waals surface area contributed by atoms with Gasteiger partial charge in [0.05, 0.1) is 19.6 Å². The minimum atomic E-state index is -0.820. The zero-order chi connectivity index (χ0) is 15.3. The first-order valence-electron chi connectivity index (χ1n) is 7.13. The standard InChI is InChI=1S/C14H22N4O3/c1-15-13(20)14(18-9-4-7-16-18)6-3-8-17(11-14)12(19)5-10-21-2/h4,7,9H,3,5-6,8,10-11H2,1-2H3,(H,15,20). The molecule has 0 spiro atoms. The van der Waals surface area contributed by atoms with Gasteiger partial charge in [-0.1, -0.05) is 0 Å². The predicted octanol–water partition coefficient (Wildman–Crippen LogP) is -0.0167. The molecule has 2 rings (SSSR count). The summed E-state index contributed by atoms with van der Waals surface area (Å²) in [6, 6.07) is 1.79. The zero-order valence-electron chi connectivity index (χ0n) is 12.5. The Bertz CT molecular complexity index is 488. The Balaban J connectivity index is 2.21. The van der Waals surface area contributed by atoms with E-state index in [1.807, 2.05) is 0 Å². The van der Waals surface area contributed by atoms with E-state index in [9.17, 15) is 9.59 Å². The SMILES string of the molecule is CNC(=O)C1(n2cccn2)CCCN(C(=O)CCOC)C1. The van der Waals surface area contributed by atoms with Crippen LogP contribution in [0, 0.1) is 0 Å². The Morgan fingerprint density at radius 1 is 1.48 bits per heavy atom. The molecule has 1 aliphatic heterocycles. The van der Waals surface area contributed by atoms with Crippen LogP contribution in [0.2, 0.25) is 0 Å². The van der Waals surface area contributed by atoms with Gasteiger partial charge in [-0.3, -0.25) is 14.3 Å². The molecule has 1 aromatic rings. The van der Waals surface area contributed by atoms with Crippen molar-refractivity contribution >= 4 is 11.8 Å². The van der Waals surface area contributed by atoms with Crippen molar-refractivity contribution in [3.8, 4) is 0 Å². The summed E-state index contributed by atoms with van der Waals surface area (Å²) in [5.74, 6) is -0.104. The molecule has 0 saturated carbocycles. The number of nitrogens with one attached hydrogen (secondary N) is 1.